The average Bonchev–Trinajstić information content (AvgIpc) is 2.65. The molecule has 2 aromatic rings. The molecule has 0 saturated heterocycles. The van der Waals surface area contributed by atoms with Crippen molar-refractivity contribution in [3.63, 3.8) is 0 Å². The molecule has 4 heteroatoms. The lowest BCUT2D eigenvalue weighted by molar-refractivity contribution is -0.127. The fraction of sp³-hybridized carbons (Fsp3) is 0.400. The van der Waals surface area contributed by atoms with Gasteiger partial charge in [0.05, 0.1) is 5.52 Å². The number of carbonyl (C=O) groups is 1. The lowest BCUT2D eigenvalue weighted by atomic mass is 9.86. The lowest BCUT2D eigenvalue weighted by Gasteiger charge is -2.33. The van der Waals surface area contributed by atoms with E-state index in [0.717, 1.165) is 42.1 Å². The average molecular weight is 324 g/mol. The summed E-state index contributed by atoms with van der Waals surface area (Å²) in [6, 6.07) is 10.2. The number of amides is 1. The maximum atomic E-state index is 12.5. The van der Waals surface area contributed by atoms with Crippen LogP contribution >= 0.6 is 0 Å². The minimum atomic E-state index is 0.0235. The molecule has 1 aliphatic rings. The summed E-state index contributed by atoms with van der Waals surface area (Å²) < 4.78 is 0. The topological polar surface area (TPSA) is 53.4 Å². The Morgan fingerprint density at radius 2 is 2.00 bits per heavy atom. The first-order chi connectivity index (χ1) is 11.7. The van der Waals surface area contributed by atoms with Gasteiger partial charge in [-0.1, -0.05) is 24.3 Å². The molecule has 0 atom stereocenters. The Kier molecular flexibility index (Phi) is 5.26. The van der Waals surface area contributed by atoms with Gasteiger partial charge in [0.25, 0.3) is 0 Å². The van der Waals surface area contributed by atoms with Crippen LogP contribution in [0.25, 0.3) is 17.0 Å². The van der Waals surface area contributed by atoms with Gasteiger partial charge in [0.15, 0.2) is 0 Å². The summed E-state index contributed by atoms with van der Waals surface area (Å²) in [4.78, 5) is 18.7. The molecule has 0 unspecified atom stereocenters. The molecule has 1 saturated carbocycles. The van der Waals surface area contributed by atoms with Crippen LogP contribution in [0.1, 0.15) is 31.2 Å². The van der Waals surface area contributed by atoms with E-state index in [2.05, 4.69) is 4.98 Å². The SMILES string of the molecule is CN(C(=O)/C=C/c1cccc2cccnc12)C1CCC(CO)CC1. The fourth-order valence-electron chi connectivity index (χ4n) is 3.44. The van der Waals surface area contributed by atoms with Gasteiger partial charge < -0.3 is 10.0 Å². The highest BCUT2D eigenvalue weighted by Crippen LogP contribution is 2.27. The molecule has 24 heavy (non-hydrogen) atoms. The summed E-state index contributed by atoms with van der Waals surface area (Å²) in [5, 5.41) is 10.3. The van der Waals surface area contributed by atoms with Crippen LogP contribution in [0.5, 0.6) is 0 Å². The number of aliphatic hydroxyl groups is 1. The van der Waals surface area contributed by atoms with Gasteiger partial charge in [-0.05, 0) is 43.7 Å². The minimum absolute atomic E-state index is 0.0235. The largest absolute Gasteiger partial charge is 0.396 e. The van der Waals surface area contributed by atoms with Crippen LogP contribution in [0.4, 0.5) is 0 Å². The molecular weight excluding hydrogens is 300 g/mol. The normalized spacial score (nSPS) is 21.2. The van der Waals surface area contributed by atoms with Crippen LogP contribution in [-0.2, 0) is 4.79 Å². The summed E-state index contributed by atoms with van der Waals surface area (Å²) in [5.74, 6) is 0.428. The zero-order valence-electron chi connectivity index (χ0n) is 14.1. The van der Waals surface area contributed by atoms with Gasteiger partial charge in [0.1, 0.15) is 0 Å². The van der Waals surface area contributed by atoms with Crippen molar-refractivity contribution in [1.29, 1.82) is 0 Å². The van der Waals surface area contributed by atoms with E-state index in [1.54, 1.807) is 12.3 Å². The van der Waals surface area contributed by atoms with Crippen LogP contribution in [0.2, 0.25) is 0 Å². The Hall–Kier alpha value is -2.20. The van der Waals surface area contributed by atoms with Gasteiger partial charge in [0, 0.05) is 42.9 Å². The number of rotatable bonds is 4. The molecule has 1 N–H and O–H groups in total. The van der Waals surface area contributed by atoms with E-state index in [4.69, 9.17) is 0 Å². The van der Waals surface area contributed by atoms with E-state index in [-0.39, 0.29) is 18.6 Å². The first kappa shape index (κ1) is 16.7. The third-order valence-electron chi connectivity index (χ3n) is 5.04. The number of pyridine rings is 1. The highest BCUT2D eigenvalue weighted by atomic mass is 16.3. The second-order valence-electron chi connectivity index (χ2n) is 6.56. The number of fused-ring (bicyclic) bond motifs is 1. The second kappa shape index (κ2) is 7.58. The minimum Gasteiger partial charge on any atom is -0.396 e. The smallest absolute Gasteiger partial charge is 0.246 e. The number of hydrogen-bond acceptors (Lipinski definition) is 3. The Balaban J connectivity index is 1.68. The summed E-state index contributed by atoms with van der Waals surface area (Å²) in [7, 11) is 1.87. The molecule has 0 bridgehead atoms. The Morgan fingerprint density at radius 1 is 1.25 bits per heavy atom. The van der Waals surface area contributed by atoms with Crippen molar-refractivity contribution in [2.24, 2.45) is 5.92 Å². The van der Waals surface area contributed by atoms with Crippen molar-refractivity contribution < 1.29 is 9.90 Å². The number of aromatic nitrogens is 1. The highest BCUT2D eigenvalue weighted by Gasteiger charge is 2.25. The predicted molar refractivity (Wildman–Crippen MR) is 96.4 cm³/mol. The predicted octanol–water partition coefficient (Wildman–Crippen LogP) is 3.26. The summed E-state index contributed by atoms with van der Waals surface area (Å²) in [5.41, 5.74) is 1.87. The van der Waals surface area contributed by atoms with Crippen molar-refractivity contribution in [2.45, 2.75) is 31.7 Å². The van der Waals surface area contributed by atoms with Gasteiger partial charge >= 0.3 is 0 Å². The van der Waals surface area contributed by atoms with E-state index in [1.807, 2.05) is 48.4 Å². The molecule has 4 nitrogen and oxygen atoms in total. The van der Waals surface area contributed by atoms with Gasteiger partial charge in [-0.2, -0.15) is 0 Å². The maximum Gasteiger partial charge on any atom is 0.246 e. The second-order valence-corrected chi connectivity index (χ2v) is 6.56. The first-order valence-electron chi connectivity index (χ1n) is 8.58. The molecule has 3 rings (SSSR count). The van der Waals surface area contributed by atoms with E-state index in [1.165, 1.54) is 0 Å². The lowest BCUT2D eigenvalue weighted by Crippen LogP contribution is -2.39. The van der Waals surface area contributed by atoms with Crippen molar-refractivity contribution >= 4 is 22.9 Å². The molecule has 126 valence electrons. The van der Waals surface area contributed by atoms with E-state index in [0.29, 0.717) is 5.92 Å². The van der Waals surface area contributed by atoms with Crippen LogP contribution < -0.4 is 0 Å². The summed E-state index contributed by atoms with van der Waals surface area (Å²) in [6.45, 7) is 0.262. The zero-order chi connectivity index (χ0) is 16.9. The quantitative estimate of drug-likeness (QED) is 0.878. The third-order valence-corrected chi connectivity index (χ3v) is 5.04. The Labute approximate surface area is 142 Å². The number of carbonyl (C=O) groups excluding carboxylic acids is 1. The van der Waals surface area contributed by atoms with Crippen molar-refractivity contribution in [3.8, 4) is 0 Å². The maximum absolute atomic E-state index is 12.5. The molecule has 0 radical (unpaired) electrons. The Morgan fingerprint density at radius 3 is 2.75 bits per heavy atom. The molecular formula is C20H24N2O2. The van der Waals surface area contributed by atoms with Gasteiger partial charge in [-0.3, -0.25) is 9.78 Å². The molecule has 1 aromatic heterocycles. The van der Waals surface area contributed by atoms with Gasteiger partial charge in [0.2, 0.25) is 5.91 Å². The standard InChI is InChI=1S/C20H24N2O2/c1-22(18-10-7-15(14-23)8-11-18)19(24)12-9-17-5-2-4-16-6-3-13-21-20(16)17/h2-6,9,12-13,15,18,23H,7-8,10-11,14H2,1H3/b12-9+. The van der Waals surface area contributed by atoms with Gasteiger partial charge in [-0.25, -0.2) is 0 Å². The van der Waals surface area contributed by atoms with Crippen LogP contribution in [0.15, 0.2) is 42.6 Å². The van der Waals surface area contributed by atoms with Crippen LogP contribution in [-0.4, -0.2) is 40.6 Å². The number of para-hydroxylation sites is 1. The number of likely N-dealkylation sites (N-methyl/N-ethyl adjacent to an activating group) is 1. The third kappa shape index (κ3) is 3.65. The summed E-state index contributed by atoms with van der Waals surface area (Å²) >= 11 is 0. The fourth-order valence-corrected chi connectivity index (χ4v) is 3.44. The zero-order valence-corrected chi connectivity index (χ0v) is 14.1. The highest BCUT2D eigenvalue weighted by molar-refractivity contribution is 5.95. The number of aliphatic hydroxyl groups excluding tert-OH is 1. The molecule has 0 spiro atoms. The van der Waals surface area contributed by atoms with Crippen LogP contribution in [0, 0.1) is 5.92 Å². The van der Waals surface area contributed by atoms with Crippen molar-refractivity contribution in [1.82, 2.24) is 9.88 Å². The van der Waals surface area contributed by atoms with E-state index >= 15 is 0 Å². The van der Waals surface area contributed by atoms with Crippen molar-refractivity contribution in [3.05, 3.63) is 48.2 Å². The van der Waals surface area contributed by atoms with Crippen LogP contribution in [0.3, 0.4) is 0 Å². The molecule has 0 aliphatic heterocycles. The molecule has 1 heterocycles. The number of nitrogens with zero attached hydrogens (tertiary/aromatic N) is 2. The summed E-state index contributed by atoms with van der Waals surface area (Å²) in [6.07, 6.45) is 9.20. The number of hydrogen-bond donors (Lipinski definition) is 1. The molecule has 1 amide bonds. The molecule has 1 fully saturated rings. The van der Waals surface area contributed by atoms with E-state index in [9.17, 15) is 9.90 Å². The first-order valence-corrected chi connectivity index (χ1v) is 8.58. The van der Waals surface area contributed by atoms with Gasteiger partial charge in [-0.15, -0.1) is 0 Å². The van der Waals surface area contributed by atoms with Crippen molar-refractivity contribution in [2.75, 3.05) is 13.7 Å². The molecule has 1 aliphatic carbocycles. The van der Waals surface area contributed by atoms with E-state index < -0.39 is 0 Å². The molecule has 1 aromatic carbocycles. The monoisotopic (exact) mass is 324 g/mol. The Bertz CT molecular complexity index is 728. The number of benzene rings is 1.